The lowest BCUT2D eigenvalue weighted by Crippen LogP contribution is -1.95. The zero-order valence-electron chi connectivity index (χ0n) is 10.3. The summed E-state index contributed by atoms with van der Waals surface area (Å²) in [5, 5.41) is 8.98. The Bertz CT molecular complexity index is 603. The van der Waals surface area contributed by atoms with Crippen molar-refractivity contribution in [1.82, 2.24) is 0 Å². The number of thioether (sulfide) groups is 1. The molecular formula is C15H13FN2S. The van der Waals surface area contributed by atoms with Gasteiger partial charge in [-0.1, -0.05) is 12.1 Å². The number of rotatable bonds is 4. The van der Waals surface area contributed by atoms with Gasteiger partial charge in [0.1, 0.15) is 5.82 Å². The molecule has 2 aromatic rings. The van der Waals surface area contributed by atoms with E-state index >= 15 is 0 Å². The standard InChI is InChI=1S/C15H13FN2S/c16-14-4-3-12(9-18)13(7-14)10-19-15-5-1-11(8-17)2-6-15/h1-7H,8,10,17H2. The van der Waals surface area contributed by atoms with Gasteiger partial charge in [-0.05, 0) is 41.5 Å². The molecule has 0 aliphatic carbocycles. The molecule has 0 radical (unpaired) electrons. The van der Waals surface area contributed by atoms with E-state index in [4.69, 9.17) is 11.0 Å². The largest absolute Gasteiger partial charge is 0.326 e. The van der Waals surface area contributed by atoms with E-state index in [0.717, 1.165) is 16.0 Å². The highest BCUT2D eigenvalue weighted by Crippen LogP contribution is 2.25. The first-order valence-electron chi connectivity index (χ1n) is 5.83. The fourth-order valence-corrected chi connectivity index (χ4v) is 2.56. The van der Waals surface area contributed by atoms with Crippen LogP contribution in [0.1, 0.15) is 16.7 Å². The number of nitrogens with two attached hydrogens (primary N) is 1. The molecule has 0 amide bonds. The lowest BCUT2D eigenvalue weighted by Gasteiger charge is -2.05. The molecule has 96 valence electrons. The molecule has 0 fully saturated rings. The molecule has 2 nitrogen and oxygen atoms in total. The SMILES string of the molecule is N#Cc1ccc(F)cc1CSc1ccc(CN)cc1. The maximum absolute atomic E-state index is 13.2. The molecule has 4 heteroatoms. The molecule has 0 aromatic heterocycles. The van der Waals surface area contributed by atoms with Crippen LogP contribution in [-0.4, -0.2) is 0 Å². The maximum Gasteiger partial charge on any atom is 0.123 e. The Morgan fingerprint density at radius 1 is 1.16 bits per heavy atom. The molecular weight excluding hydrogens is 259 g/mol. The summed E-state index contributed by atoms with van der Waals surface area (Å²) < 4.78 is 13.2. The highest BCUT2D eigenvalue weighted by atomic mass is 32.2. The Kier molecular flexibility index (Phi) is 4.56. The smallest absolute Gasteiger partial charge is 0.123 e. The Morgan fingerprint density at radius 2 is 1.89 bits per heavy atom. The highest BCUT2D eigenvalue weighted by molar-refractivity contribution is 7.98. The molecule has 0 spiro atoms. The number of nitrogens with zero attached hydrogens (tertiary/aromatic N) is 1. The van der Waals surface area contributed by atoms with Crippen LogP contribution in [0.2, 0.25) is 0 Å². The zero-order valence-corrected chi connectivity index (χ0v) is 11.1. The summed E-state index contributed by atoms with van der Waals surface area (Å²) in [5.74, 6) is 0.260. The first kappa shape index (κ1) is 13.6. The molecule has 0 heterocycles. The van der Waals surface area contributed by atoms with Crippen LogP contribution in [0.4, 0.5) is 4.39 Å². The average Bonchev–Trinajstić information content (AvgIpc) is 2.46. The minimum absolute atomic E-state index is 0.312. The first-order chi connectivity index (χ1) is 9.22. The highest BCUT2D eigenvalue weighted by Gasteiger charge is 2.04. The monoisotopic (exact) mass is 272 g/mol. The molecule has 0 atom stereocenters. The van der Waals surface area contributed by atoms with Crippen molar-refractivity contribution in [2.45, 2.75) is 17.2 Å². The third-order valence-corrected chi connectivity index (χ3v) is 3.80. The van der Waals surface area contributed by atoms with E-state index in [2.05, 4.69) is 6.07 Å². The van der Waals surface area contributed by atoms with E-state index in [1.54, 1.807) is 11.8 Å². The third kappa shape index (κ3) is 3.57. The third-order valence-electron chi connectivity index (χ3n) is 2.74. The van der Waals surface area contributed by atoms with Crippen LogP contribution >= 0.6 is 11.8 Å². The molecule has 0 unspecified atom stereocenters. The summed E-state index contributed by atoms with van der Waals surface area (Å²) >= 11 is 1.57. The van der Waals surface area contributed by atoms with Gasteiger partial charge < -0.3 is 5.73 Å². The fourth-order valence-electron chi connectivity index (χ4n) is 1.67. The predicted octanol–water partition coefficient (Wildman–Crippen LogP) is 3.45. The van der Waals surface area contributed by atoms with Gasteiger partial charge in [0.05, 0.1) is 11.6 Å². The van der Waals surface area contributed by atoms with E-state index in [9.17, 15) is 4.39 Å². The molecule has 0 saturated carbocycles. The number of halogens is 1. The second kappa shape index (κ2) is 6.37. The quantitative estimate of drug-likeness (QED) is 0.867. The molecule has 2 N–H and O–H groups in total. The fraction of sp³-hybridized carbons (Fsp3) is 0.133. The van der Waals surface area contributed by atoms with Crippen LogP contribution in [-0.2, 0) is 12.3 Å². The molecule has 2 aromatic carbocycles. The normalized spacial score (nSPS) is 10.2. The van der Waals surface area contributed by atoms with Gasteiger partial charge in [-0.2, -0.15) is 5.26 Å². The van der Waals surface area contributed by atoms with E-state index in [1.165, 1.54) is 18.2 Å². The topological polar surface area (TPSA) is 49.8 Å². The second-order valence-corrected chi connectivity index (χ2v) is 5.10. The second-order valence-electron chi connectivity index (χ2n) is 4.05. The molecule has 0 aliphatic rings. The Hall–Kier alpha value is -1.83. The summed E-state index contributed by atoms with van der Waals surface area (Å²) in [5.41, 5.74) is 7.85. The van der Waals surface area contributed by atoms with Gasteiger partial charge in [-0.25, -0.2) is 4.39 Å². The molecule has 0 bridgehead atoms. The summed E-state index contributed by atoms with van der Waals surface area (Å²) in [6, 6.07) is 14.2. The molecule has 0 saturated heterocycles. The maximum atomic E-state index is 13.2. The van der Waals surface area contributed by atoms with Crippen molar-refractivity contribution in [1.29, 1.82) is 5.26 Å². The summed E-state index contributed by atoms with van der Waals surface area (Å²) in [4.78, 5) is 1.07. The number of hydrogen-bond donors (Lipinski definition) is 1. The van der Waals surface area contributed by atoms with Crippen molar-refractivity contribution < 1.29 is 4.39 Å². The van der Waals surface area contributed by atoms with E-state index in [1.807, 2.05) is 24.3 Å². The van der Waals surface area contributed by atoms with Gasteiger partial charge in [-0.3, -0.25) is 0 Å². The van der Waals surface area contributed by atoms with Gasteiger partial charge in [-0.15, -0.1) is 11.8 Å². The predicted molar refractivity (Wildman–Crippen MR) is 75.0 cm³/mol. The van der Waals surface area contributed by atoms with Crippen LogP contribution < -0.4 is 5.73 Å². The molecule has 19 heavy (non-hydrogen) atoms. The van der Waals surface area contributed by atoms with Gasteiger partial charge in [0.2, 0.25) is 0 Å². The summed E-state index contributed by atoms with van der Waals surface area (Å²) in [6.45, 7) is 0.521. The van der Waals surface area contributed by atoms with E-state index in [-0.39, 0.29) is 5.82 Å². The van der Waals surface area contributed by atoms with Crippen LogP contribution in [0, 0.1) is 17.1 Å². The number of hydrogen-bond acceptors (Lipinski definition) is 3. The molecule has 2 rings (SSSR count). The minimum Gasteiger partial charge on any atom is -0.326 e. The van der Waals surface area contributed by atoms with Gasteiger partial charge in [0.15, 0.2) is 0 Å². The van der Waals surface area contributed by atoms with Crippen molar-refractivity contribution in [2.24, 2.45) is 5.73 Å². The lowest BCUT2D eigenvalue weighted by atomic mass is 10.1. The van der Waals surface area contributed by atoms with Crippen LogP contribution in [0.3, 0.4) is 0 Å². The van der Waals surface area contributed by atoms with Crippen molar-refractivity contribution in [3.63, 3.8) is 0 Å². The van der Waals surface area contributed by atoms with E-state index < -0.39 is 0 Å². The van der Waals surface area contributed by atoms with Crippen LogP contribution in [0.5, 0.6) is 0 Å². The summed E-state index contributed by atoms with van der Waals surface area (Å²) in [6.07, 6.45) is 0. The van der Waals surface area contributed by atoms with Crippen molar-refractivity contribution in [3.05, 3.63) is 65.0 Å². The van der Waals surface area contributed by atoms with Crippen molar-refractivity contribution in [3.8, 4) is 6.07 Å². The van der Waals surface area contributed by atoms with Crippen LogP contribution in [0.25, 0.3) is 0 Å². The molecule has 0 aliphatic heterocycles. The Morgan fingerprint density at radius 3 is 2.53 bits per heavy atom. The Labute approximate surface area is 116 Å². The van der Waals surface area contributed by atoms with Crippen molar-refractivity contribution in [2.75, 3.05) is 0 Å². The van der Waals surface area contributed by atoms with E-state index in [0.29, 0.717) is 17.9 Å². The van der Waals surface area contributed by atoms with Crippen LogP contribution in [0.15, 0.2) is 47.4 Å². The number of nitriles is 1. The lowest BCUT2D eigenvalue weighted by molar-refractivity contribution is 0.626. The number of benzene rings is 2. The average molecular weight is 272 g/mol. The first-order valence-corrected chi connectivity index (χ1v) is 6.82. The van der Waals surface area contributed by atoms with Gasteiger partial charge in [0.25, 0.3) is 0 Å². The zero-order chi connectivity index (χ0) is 13.7. The Balaban J connectivity index is 2.09. The van der Waals surface area contributed by atoms with Crippen molar-refractivity contribution >= 4 is 11.8 Å². The minimum atomic E-state index is -0.312. The van der Waals surface area contributed by atoms with Gasteiger partial charge in [0, 0.05) is 17.2 Å². The van der Waals surface area contributed by atoms with Gasteiger partial charge >= 0.3 is 0 Å². The summed E-state index contributed by atoms with van der Waals surface area (Å²) in [7, 11) is 0.